The van der Waals surface area contributed by atoms with Crippen molar-refractivity contribution in [3.63, 3.8) is 0 Å². The largest absolute Gasteiger partial charge is 0.486 e. The van der Waals surface area contributed by atoms with Crippen molar-refractivity contribution in [2.75, 3.05) is 13.2 Å². The first-order chi connectivity index (χ1) is 7.81. The Kier molecular flexibility index (Phi) is 2.90. The fraction of sp³-hybridized carbons (Fsp3) is 0.200. The summed E-state index contributed by atoms with van der Waals surface area (Å²) in [7, 11) is 0. The van der Waals surface area contributed by atoms with Crippen molar-refractivity contribution in [1.29, 1.82) is 0 Å². The molecule has 0 radical (unpaired) electrons. The molecule has 0 unspecified atom stereocenters. The highest BCUT2D eigenvalue weighted by molar-refractivity contribution is 6.35. The van der Waals surface area contributed by atoms with Gasteiger partial charge in [-0.1, -0.05) is 0 Å². The van der Waals surface area contributed by atoms with Crippen LogP contribution in [0, 0.1) is 0 Å². The number of Topliss-reactive ketones (excluding diaryl/α,β-unsaturated/α-hetero) is 1. The van der Waals surface area contributed by atoms with E-state index in [0.717, 1.165) is 6.21 Å². The lowest BCUT2D eigenvalue weighted by atomic mass is 10.1. The zero-order chi connectivity index (χ0) is 11.4. The first-order valence-electron chi connectivity index (χ1n) is 4.67. The van der Waals surface area contributed by atoms with E-state index in [1.807, 2.05) is 0 Å². The van der Waals surface area contributed by atoms with Crippen molar-refractivity contribution >= 4 is 12.0 Å². The molecule has 1 aromatic carbocycles. The van der Waals surface area contributed by atoms with E-state index in [9.17, 15) is 4.79 Å². The maximum Gasteiger partial charge on any atom is 0.187 e. The van der Waals surface area contributed by atoms with Gasteiger partial charge in [0.25, 0.3) is 0 Å². The van der Waals surface area contributed by atoms with Crippen molar-refractivity contribution in [3.05, 3.63) is 29.3 Å². The van der Waals surface area contributed by atoms with Gasteiger partial charge in [-0.3, -0.25) is 4.79 Å². The molecule has 1 aliphatic heterocycles. The Morgan fingerprint density at radius 3 is 2.88 bits per heavy atom. The quantitative estimate of drug-likeness (QED) is 0.328. The number of rotatable bonds is 3. The summed E-state index contributed by atoms with van der Waals surface area (Å²) in [6.45, 7) is 0.979. The van der Waals surface area contributed by atoms with Gasteiger partial charge in [-0.15, -0.1) is 0 Å². The maximum atomic E-state index is 11.5. The molecular weight excluding hydrogens is 210 g/mol. The van der Waals surface area contributed by atoms with Crippen molar-refractivity contribution in [1.82, 2.24) is 0 Å². The molecule has 1 aromatic rings. The zero-order valence-electron chi connectivity index (χ0n) is 8.34. The van der Waals surface area contributed by atoms with E-state index in [1.54, 1.807) is 18.2 Å². The molecular formula is C10H9N3O3. The van der Waals surface area contributed by atoms with Gasteiger partial charge in [0.1, 0.15) is 13.2 Å². The Bertz CT molecular complexity index is 457. The first-order valence-corrected chi connectivity index (χ1v) is 4.67. The number of carbonyl (C=O) groups is 1. The minimum atomic E-state index is -0.335. The van der Waals surface area contributed by atoms with Crippen LogP contribution in [0.4, 0.5) is 0 Å². The molecule has 0 saturated carbocycles. The SMILES string of the molecule is [N-]=[NH+]N=CC(=O)c1ccc2c(c1)OCCO2. The van der Waals surface area contributed by atoms with Crippen LogP contribution >= 0.6 is 0 Å². The molecule has 6 heteroatoms. The third-order valence-electron chi connectivity index (χ3n) is 2.07. The van der Waals surface area contributed by atoms with Crippen molar-refractivity contribution < 1.29 is 19.5 Å². The average Bonchev–Trinajstić information content (AvgIpc) is 2.35. The van der Waals surface area contributed by atoms with Crippen LogP contribution in [0.2, 0.25) is 0 Å². The summed E-state index contributed by atoms with van der Waals surface area (Å²) < 4.78 is 10.6. The monoisotopic (exact) mass is 219 g/mol. The van der Waals surface area contributed by atoms with Gasteiger partial charge in [-0.05, 0) is 18.2 Å². The molecule has 1 N–H and O–H groups in total. The highest BCUT2D eigenvalue weighted by atomic mass is 16.6. The van der Waals surface area contributed by atoms with Crippen LogP contribution in [0.5, 0.6) is 11.5 Å². The fourth-order valence-electron chi connectivity index (χ4n) is 1.36. The van der Waals surface area contributed by atoms with E-state index in [0.29, 0.717) is 30.3 Å². The van der Waals surface area contributed by atoms with Crippen molar-refractivity contribution in [2.45, 2.75) is 0 Å². The first kappa shape index (κ1) is 10.3. The second-order valence-electron chi connectivity index (χ2n) is 3.08. The highest BCUT2D eigenvalue weighted by Gasteiger charge is 2.13. The molecule has 0 spiro atoms. The van der Waals surface area contributed by atoms with Crippen LogP contribution in [0.25, 0.3) is 5.53 Å². The number of ether oxygens (including phenoxy) is 2. The average molecular weight is 219 g/mol. The number of carbonyl (C=O) groups excluding carboxylic acids is 1. The fourth-order valence-corrected chi connectivity index (χ4v) is 1.36. The van der Waals surface area contributed by atoms with Gasteiger partial charge >= 0.3 is 0 Å². The number of nitrogens with one attached hydrogen (secondary N) is 1. The number of benzene rings is 1. The molecule has 6 nitrogen and oxygen atoms in total. The molecule has 0 saturated heterocycles. The summed E-state index contributed by atoms with van der Waals surface area (Å²) in [5.74, 6) is 0.834. The zero-order valence-corrected chi connectivity index (χ0v) is 8.34. The highest BCUT2D eigenvalue weighted by Crippen LogP contribution is 2.30. The number of nitrogens with zero attached hydrogens (tertiary/aromatic N) is 2. The van der Waals surface area contributed by atoms with Crippen LogP contribution in [0.3, 0.4) is 0 Å². The molecule has 2 rings (SSSR count). The van der Waals surface area contributed by atoms with Gasteiger partial charge in [-0.2, -0.15) is 15.9 Å². The lowest BCUT2D eigenvalue weighted by Gasteiger charge is -2.18. The van der Waals surface area contributed by atoms with E-state index in [4.69, 9.17) is 15.0 Å². The van der Waals surface area contributed by atoms with E-state index in [1.165, 1.54) is 5.22 Å². The second-order valence-corrected chi connectivity index (χ2v) is 3.08. The smallest absolute Gasteiger partial charge is 0.187 e. The summed E-state index contributed by atoms with van der Waals surface area (Å²) >= 11 is 0. The predicted molar refractivity (Wildman–Crippen MR) is 54.6 cm³/mol. The molecule has 0 aromatic heterocycles. The van der Waals surface area contributed by atoms with Crippen LogP contribution in [-0.2, 0) is 0 Å². The van der Waals surface area contributed by atoms with Gasteiger partial charge in [0.2, 0.25) is 0 Å². The van der Waals surface area contributed by atoms with Crippen molar-refractivity contribution in [3.8, 4) is 11.5 Å². The number of ketones is 1. The van der Waals surface area contributed by atoms with Gasteiger partial charge in [0.15, 0.2) is 17.3 Å². The van der Waals surface area contributed by atoms with E-state index >= 15 is 0 Å². The molecule has 1 heterocycles. The Morgan fingerprint density at radius 1 is 1.38 bits per heavy atom. The Morgan fingerprint density at radius 2 is 2.12 bits per heavy atom. The molecule has 0 atom stereocenters. The van der Waals surface area contributed by atoms with E-state index in [-0.39, 0.29) is 5.78 Å². The standard InChI is InChI=1S/C10H9N3O3/c11-13-12-6-8(14)7-1-2-9-10(5-7)16-4-3-15-9/h1-2,5-6,13H,3-4H2. The van der Waals surface area contributed by atoms with Gasteiger partial charge in [-0.25, -0.2) is 0 Å². The normalized spacial score (nSPS) is 13.8. The Balaban J connectivity index is 2.26. The number of hydrazone groups is 1. The number of fused-ring (bicyclic) bond motifs is 1. The summed E-state index contributed by atoms with van der Waals surface area (Å²) in [6.07, 6.45) is 0.978. The lowest BCUT2D eigenvalue weighted by Crippen LogP contribution is -2.54. The van der Waals surface area contributed by atoms with Gasteiger partial charge < -0.3 is 9.47 Å². The summed E-state index contributed by atoms with van der Waals surface area (Å²) in [5, 5.41) is 4.74. The van der Waals surface area contributed by atoms with Crippen LogP contribution in [0.15, 0.2) is 23.3 Å². The maximum absolute atomic E-state index is 11.5. The minimum Gasteiger partial charge on any atom is -0.486 e. The molecule has 0 amide bonds. The molecule has 0 aliphatic carbocycles. The second kappa shape index (κ2) is 4.52. The van der Waals surface area contributed by atoms with Gasteiger partial charge in [0.05, 0.1) is 0 Å². The van der Waals surface area contributed by atoms with Crippen LogP contribution < -0.4 is 14.7 Å². The third-order valence-corrected chi connectivity index (χ3v) is 2.07. The summed E-state index contributed by atoms with van der Waals surface area (Å²) in [5.41, 5.74) is 8.63. The van der Waals surface area contributed by atoms with Crippen LogP contribution in [-0.4, -0.2) is 25.2 Å². The predicted octanol–water partition coefficient (Wildman–Crippen LogP) is -0.272. The minimum absolute atomic E-state index is 0.335. The molecule has 1 aliphatic rings. The summed E-state index contributed by atoms with van der Waals surface area (Å²) in [6, 6.07) is 4.86. The topological polar surface area (TPSA) is 84.2 Å². The summed E-state index contributed by atoms with van der Waals surface area (Å²) in [4.78, 5) is 11.5. The van der Waals surface area contributed by atoms with E-state index in [2.05, 4.69) is 5.10 Å². The third kappa shape index (κ3) is 2.05. The van der Waals surface area contributed by atoms with Crippen LogP contribution in [0.1, 0.15) is 10.4 Å². The lowest BCUT2D eigenvalue weighted by molar-refractivity contribution is -0.485. The number of hydrogen-bond acceptors (Lipinski definition) is 3. The molecule has 16 heavy (non-hydrogen) atoms. The van der Waals surface area contributed by atoms with E-state index < -0.39 is 0 Å². The van der Waals surface area contributed by atoms with Crippen molar-refractivity contribution in [2.24, 2.45) is 5.10 Å². The van der Waals surface area contributed by atoms with Gasteiger partial charge in [0, 0.05) is 11.8 Å². The number of hydrogen-bond donors (Lipinski definition) is 1. The Labute approximate surface area is 91.4 Å². The molecule has 0 fully saturated rings. The Hall–Kier alpha value is -2.24. The molecule has 0 bridgehead atoms. The molecule has 82 valence electrons.